The Morgan fingerprint density at radius 1 is 1.00 bits per heavy atom. The smallest absolute Gasteiger partial charge is 0.218 e. The van der Waals surface area contributed by atoms with Crippen LogP contribution in [0.15, 0.2) is 0 Å². The topological polar surface area (TPSA) is 66.4 Å². The van der Waals surface area contributed by atoms with Gasteiger partial charge in [-0.1, -0.05) is 0 Å². The maximum Gasteiger partial charge on any atom is 0.218 e. The van der Waals surface area contributed by atoms with Crippen LogP contribution in [0.25, 0.3) is 0 Å². The van der Waals surface area contributed by atoms with Crippen molar-refractivity contribution in [2.24, 2.45) is 17.8 Å². The Morgan fingerprint density at radius 2 is 1.40 bits per heavy atom. The Balaban J connectivity index is 1.87. The third kappa shape index (κ3) is 1.81. The standard InChI is InChI=1S/C10H16O4S/c11-15(12,13)14-10-4-7-1-8(5-10)3-9(2-7)6-10/h7-9H,1-6H2,(H,11,12,13)/p-1. The van der Waals surface area contributed by atoms with Gasteiger partial charge in [-0.2, -0.15) is 0 Å². The molecule has 5 heteroatoms. The van der Waals surface area contributed by atoms with E-state index in [0.717, 1.165) is 19.3 Å². The van der Waals surface area contributed by atoms with Crippen LogP contribution in [-0.2, 0) is 14.6 Å². The van der Waals surface area contributed by atoms with Crippen molar-refractivity contribution in [1.29, 1.82) is 0 Å². The molecule has 86 valence electrons. The average molecular weight is 231 g/mol. The SMILES string of the molecule is O=S(=O)([O-])OC12CC3CC(CC(C3)C1)C2. The third-order valence-corrected chi connectivity index (χ3v) is 4.82. The molecule has 0 atom stereocenters. The molecule has 0 spiro atoms. The van der Waals surface area contributed by atoms with Gasteiger partial charge in [0.15, 0.2) is 0 Å². The molecule has 4 bridgehead atoms. The monoisotopic (exact) mass is 231 g/mol. The molecule has 0 N–H and O–H groups in total. The zero-order chi connectivity index (χ0) is 10.7. The maximum absolute atomic E-state index is 10.7. The molecule has 0 aromatic heterocycles. The van der Waals surface area contributed by atoms with Crippen molar-refractivity contribution in [3.05, 3.63) is 0 Å². The maximum atomic E-state index is 10.7. The van der Waals surface area contributed by atoms with Crippen LogP contribution >= 0.6 is 0 Å². The molecule has 15 heavy (non-hydrogen) atoms. The predicted octanol–water partition coefficient (Wildman–Crippen LogP) is 1.43. The molecule has 4 fully saturated rings. The molecule has 4 rings (SSSR count). The van der Waals surface area contributed by atoms with Gasteiger partial charge >= 0.3 is 0 Å². The van der Waals surface area contributed by atoms with Crippen LogP contribution in [0.5, 0.6) is 0 Å². The molecule has 0 amide bonds. The Labute approximate surface area is 90.0 Å². The lowest BCUT2D eigenvalue weighted by molar-refractivity contribution is -0.108. The van der Waals surface area contributed by atoms with E-state index in [4.69, 9.17) is 4.18 Å². The summed E-state index contributed by atoms with van der Waals surface area (Å²) in [4.78, 5) is 0. The molecule has 4 saturated carbocycles. The minimum atomic E-state index is -4.54. The van der Waals surface area contributed by atoms with E-state index in [1.165, 1.54) is 19.3 Å². The summed E-state index contributed by atoms with van der Waals surface area (Å²) in [6.45, 7) is 0. The Kier molecular flexibility index (Phi) is 1.98. The molecule has 0 unspecified atom stereocenters. The van der Waals surface area contributed by atoms with Gasteiger partial charge < -0.3 is 4.55 Å². The summed E-state index contributed by atoms with van der Waals surface area (Å²) in [5.41, 5.74) is -0.616. The lowest BCUT2D eigenvalue weighted by atomic mass is 9.54. The molecule has 0 aliphatic heterocycles. The van der Waals surface area contributed by atoms with Crippen LogP contribution < -0.4 is 0 Å². The van der Waals surface area contributed by atoms with Crippen molar-refractivity contribution in [2.45, 2.75) is 44.1 Å². The molecule has 0 aromatic rings. The van der Waals surface area contributed by atoms with Gasteiger partial charge in [0.05, 0.1) is 5.60 Å². The van der Waals surface area contributed by atoms with Crippen molar-refractivity contribution in [1.82, 2.24) is 0 Å². The second kappa shape index (κ2) is 2.96. The minimum Gasteiger partial charge on any atom is -0.726 e. The number of hydrogen-bond donors (Lipinski definition) is 0. The first-order valence-electron chi connectivity index (χ1n) is 5.61. The molecule has 4 aliphatic carbocycles. The summed E-state index contributed by atoms with van der Waals surface area (Å²) in [5.74, 6) is 1.79. The van der Waals surface area contributed by atoms with E-state index in [0.29, 0.717) is 17.8 Å². The molecule has 4 nitrogen and oxygen atoms in total. The zero-order valence-electron chi connectivity index (χ0n) is 8.52. The molecule has 0 heterocycles. The zero-order valence-corrected chi connectivity index (χ0v) is 9.33. The highest BCUT2D eigenvalue weighted by molar-refractivity contribution is 7.80. The first-order valence-corrected chi connectivity index (χ1v) is 6.94. The van der Waals surface area contributed by atoms with Crippen molar-refractivity contribution in [3.8, 4) is 0 Å². The summed E-state index contributed by atoms with van der Waals surface area (Å²) in [7, 11) is -4.54. The largest absolute Gasteiger partial charge is 0.726 e. The average Bonchev–Trinajstić information content (AvgIpc) is 1.94. The van der Waals surface area contributed by atoms with Crippen LogP contribution in [0.2, 0.25) is 0 Å². The highest BCUT2D eigenvalue weighted by Gasteiger charge is 2.52. The first kappa shape index (κ1) is 10.1. The van der Waals surface area contributed by atoms with Crippen LogP contribution in [0.4, 0.5) is 0 Å². The molecule has 0 saturated heterocycles. The molecule has 4 aliphatic rings. The fourth-order valence-corrected chi connectivity index (χ4v) is 4.99. The van der Waals surface area contributed by atoms with E-state index in [2.05, 4.69) is 0 Å². The van der Waals surface area contributed by atoms with Crippen molar-refractivity contribution in [2.75, 3.05) is 0 Å². The van der Waals surface area contributed by atoms with Gasteiger partial charge in [0.1, 0.15) is 0 Å². The van der Waals surface area contributed by atoms with Gasteiger partial charge in [0.2, 0.25) is 10.4 Å². The van der Waals surface area contributed by atoms with E-state index in [1.54, 1.807) is 0 Å². The summed E-state index contributed by atoms with van der Waals surface area (Å²) >= 11 is 0. The predicted molar refractivity (Wildman–Crippen MR) is 51.7 cm³/mol. The fourth-order valence-electron chi connectivity index (χ4n) is 4.35. The third-order valence-electron chi connectivity index (χ3n) is 4.26. The van der Waals surface area contributed by atoms with Gasteiger partial charge in [0, 0.05) is 0 Å². The lowest BCUT2D eigenvalue weighted by Gasteiger charge is -2.55. The number of rotatable bonds is 2. The van der Waals surface area contributed by atoms with E-state index in [9.17, 15) is 13.0 Å². The van der Waals surface area contributed by atoms with Crippen LogP contribution in [-0.4, -0.2) is 18.6 Å². The summed E-state index contributed by atoms with van der Waals surface area (Å²) in [5, 5.41) is 0. The van der Waals surface area contributed by atoms with E-state index in [1.807, 2.05) is 0 Å². The molecular weight excluding hydrogens is 216 g/mol. The van der Waals surface area contributed by atoms with Crippen molar-refractivity contribution >= 4 is 10.4 Å². The van der Waals surface area contributed by atoms with Crippen LogP contribution in [0.1, 0.15) is 38.5 Å². The second-order valence-electron chi connectivity index (χ2n) is 5.59. The van der Waals surface area contributed by atoms with Gasteiger partial charge in [-0.05, 0) is 56.3 Å². The van der Waals surface area contributed by atoms with Gasteiger partial charge in [-0.25, -0.2) is 8.42 Å². The van der Waals surface area contributed by atoms with Gasteiger partial charge in [0.25, 0.3) is 0 Å². The van der Waals surface area contributed by atoms with Crippen LogP contribution in [0.3, 0.4) is 0 Å². The Morgan fingerprint density at radius 3 is 1.73 bits per heavy atom. The first-order chi connectivity index (χ1) is 6.94. The Bertz CT molecular complexity index is 338. The van der Waals surface area contributed by atoms with Crippen molar-refractivity contribution in [3.63, 3.8) is 0 Å². The normalized spacial score (nSPS) is 48.5. The molecule has 0 aromatic carbocycles. The summed E-state index contributed by atoms with van der Waals surface area (Å²) in [6.07, 6.45) is 5.96. The van der Waals surface area contributed by atoms with E-state index >= 15 is 0 Å². The van der Waals surface area contributed by atoms with Gasteiger partial charge in [-0.15, -0.1) is 0 Å². The highest BCUT2D eigenvalue weighted by Crippen LogP contribution is 2.57. The summed E-state index contributed by atoms with van der Waals surface area (Å²) in [6, 6.07) is 0. The summed E-state index contributed by atoms with van der Waals surface area (Å²) < 4.78 is 37.1. The van der Waals surface area contributed by atoms with Crippen molar-refractivity contribution < 1.29 is 17.2 Å². The van der Waals surface area contributed by atoms with Crippen LogP contribution in [0, 0.1) is 17.8 Å². The Hall–Kier alpha value is -0.130. The minimum absolute atomic E-state index is 0.595. The van der Waals surface area contributed by atoms with Gasteiger partial charge in [-0.3, -0.25) is 4.18 Å². The molecular formula is C10H15O4S-. The van der Waals surface area contributed by atoms with E-state index in [-0.39, 0.29) is 0 Å². The highest BCUT2D eigenvalue weighted by atomic mass is 32.3. The van der Waals surface area contributed by atoms with E-state index < -0.39 is 16.0 Å². The fraction of sp³-hybridized carbons (Fsp3) is 1.00. The quantitative estimate of drug-likeness (QED) is 0.532. The number of hydrogen-bond acceptors (Lipinski definition) is 4. The second-order valence-corrected chi connectivity index (χ2v) is 6.58. The lowest BCUT2D eigenvalue weighted by Crippen LogP contribution is -2.52. The molecule has 0 radical (unpaired) electrons.